The zero-order chi connectivity index (χ0) is 17.0. The summed E-state index contributed by atoms with van der Waals surface area (Å²) in [6.45, 7) is 6.78. The summed E-state index contributed by atoms with van der Waals surface area (Å²) in [5.74, 6) is 1.33. The molecule has 0 aliphatic heterocycles. The molecule has 2 aromatic rings. The number of guanidine groups is 1. The standard InChI is InChI=1S/C20H28N4.HI/c1-3-17(18-10-6-5-7-11-18)16-24-20(21-4-2)23-15-13-19-12-8-9-14-22-19;/h5-12,14,17H,3-4,13,15-16H2,1-2H3,(H2,21,23,24);1H. The quantitative estimate of drug-likeness (QED) is 0.362. The van der Waals surface area contributed by atoms with Gasteiger partial charge in [-0.05, 0) is 31.0 Å². The molecule has 2 N–H and O–H groups in total. The van der Waals surface area contributed by atoms with Gasteiger partial charge in [0.05, 0.1) is 0 Å². The molecule has 0 amide bonds. The Morgan fingerprint density at radius 2 is 1.80 bits per heavy atom. The van der Waals surface area contributed by atoms with E-state index in [2.05, 4.69) is 59.8 Å². The van der Waals surface area contributed by atoms with Crippen LogP contribution in [0.2, 0.25) is 0 Å². The molecule has 0 saturated heterocycles. The summed E-state index contributed by atoms with van der Waals surface area (Å²) in [6.07, 6.45) is 3.81. The van der Waals surface area contributed by atoms with Crippen molar-refractivity contribution in [1.29, 1.82) is 0 Å². The molecule has 1 aromatic carbocycles. The second-order valence-corrected chi connectivity index (χ2v) is 5.73. The number of hydrogen-bond donors (Lipinski definition) is 2. The maximum absolute atomic E-state index is 4.77. The van der Waals surface area contributed by atoms with Crippen molar-refractivity contribution in [2.24, 2.45) is 4.99 Å². The first-order valence-electron chi connectivity index (χ1n) is 8.80. The number of nitrogens with zero attached hydrogens (tertiary/aromatic N) is 2. The number of hydrogen-bond acceptors (Lipinski definition) is 2. The van der Waals surface area contributed by atoms with Gasteiger partial charge < -0.3 is 10.6 Å². The molecule has 0 radical (unpaired) electrons. The van der Waals surface area contributed by atoms with Crippen molar-refractivity contribution in [2.45, 2.75) is 32.6 Å². The second kappa shape index (κ2) is 12.7. The van der Waals surface area contributed by atoms with E-state index in [0.29, 0.717) is 5.92 Å². The van der Waals surface area contributed by atoms with E-state index in [0.717, 1.165) is 44.1 Å². The highest BCUT2D eigenvalue weighted by atomic mass is 127. The molecular formula is C20H29IN4. The number of aromatic nitrogens is 1. The summed E-state index contributed by atoms with van der Waals surface area (Å²) in [4.78, 5) is 9.11. The van der Waals surface area contributed by atoms with Crippen molar-refractivity contribution in [3.05, 3.63) is 66.0 Å². The summed E-state index contributed by atoms with van der Waals surface area (Å²) in [5.41, 5.74) is 2.45. The summed E-state index contributed by atoms with van der Waals surface area (Å²) in [6, 6.07) is 16.6. The van der Waals surface area contributed by atoms with E-state index in [4.69, 9.17) is 4.99 Å². The molecule has 0 saturated carbocycles. The van der Waals surface area contributed by atoms with Gasteiger partial charge in [0.2, 0.25) is 0 Å². The lowest BCUT2D eigenvalue weighted by molar-refractivity contribution is 0.667. The number of aliphatic imine (C=N–C) groups is 1. The van der Waals surface area contributed by atoms with Crippen LogP contribution in [0.25, 0.3) is 0 Å². The number of nitrogens with one attached hydrogen (secondary N) is 2. The Labute approximate surface area is 168 Å². The minimum atomic E-state index is 0. The monoisotopic (exact) mass is 452 g/mol. The van der Waals surface area contributed by atoms with Crippen LogP contribution in [-0.2, 0) is 6.42 Å². The molecule has 0 bridgehead atoms. The molecular weight excluding hydrogens is 423 g/mol. The summed E-state index contributed by atoms with van der Waals surface area (Å²) < 4.78 is 0. The van der Waals surface area contributed by atoms with E-state index in [9.17, 15) is 0 Å². The molecule has 1 unspecified atom stereocenters. The fourth-order valence-electron chi connectivity index (χ4n) is 2.59. The van der Waals surface area contributed by atoms with Crippen molar-refractivity contribution >= 4 is 29.9 Å². The lowest BCUT2D eigenvalue weighted by Gasteiger charge is -2.15. The largest absolute Gasteiger partial charge is 0.357 e. The third kappa shape index (κ3) is 7.86. The van der Waals surface area contributed by atoms with Crippen LogP contribution in [0.4, 0.5) is 0 Å². The van der Waals surface area contributed by atoms with E-state index in [-0.39, 0.29) is 24.0 Å². The Bertz CT molecular complexity index is 602. The number of rotatable bonds is 8. The second-order valence-electron chi connectivity index (χ2n) is 5.73. The van der Waals surface area contributed by atoms with Gasteiger partial charge in [-0.2, -0.15) is 0 Å². The molecule has 1 aromatic heterocycles. The predicted molar refractivity (Wildman–Crippen MR) is 117 cm³/mol. The van der Waals surface area contributed by atoms with Gasteiger partial charge in [-0.3, -0.25) is 9.98 Å². The minimum absolute atomic E-state index is 0. The molecule has 0 spiro atoms. The number of benzene rings is 1. The van der Waals surface area contributed by atoms with Crippen molar-refractivity contribution in [1.82, 2.24) is 15.6 Å². The van der Waals surface area contributed by atoms with Crippen molar-refractivity contribution in [3.63, 3.8) is 0 Å². The Morgan fingerprint density at radius 1 is 1.04 bits per heavy atom. The zero-order valence-electron chi connectivity index (χ0n) is 15.1. The van der Waals surface area contributed by atoms with Gasteiger partial charge in [0, 0.05) is 43.9 Å². The van der Waals surface area contributed by atoms with Crippen molar-refractivity contribution in [3.8, 4) is 0 Å². The smallest absolute Gasteiger partial charge is 0.191 e. The Hall–Kier alpha value is -1.63. The molecule has 5 heteroatoms. The first-order valence-corrected chi connectivity index (χ1v) is 8.80. The summed E-state index contributed by atoms with van der Waals surface area (Å²) in [7, 11) is 0. The molecule has 25 heavy (non-hydrogen) atoms. The van der Waals surface area contributed by atoms with E-state index in [1.165, 1.54) is 5.56 Å². The molecule has 0 aliphatic carbocycles. The zero-order valence-corrected chi connectivity index (χ0v) is 17.4. The predicted octanol–water partition coefficient (Wildman–Crippen LogP) is 3.99. The Balaban J connectivity index is 0.00000312. The van der Waals surface area contributed by atoms with E-state index in [1.54, 1.807) is 0 Å². The lowest BCUT2D eigenvalue weighted by atomic mass is 9.97. The first-order chi connectivity index (χ1) is 11.8. The van der Waals surface area contributed by atoms with Crippen LogP contribution >= 0.6 is 24.0 Å². The molecule has 1 atom stereocenters. The van der Waals surface area contributed by atoms with Crippen LogP contribution in [0.3, 0.4) is 0 Å². The third-order valence-corrected chi connectivity index (χ3v) is 3.98. The number of halogens is 1. The molecule has 1 heterocycles. The van der Waals surface area contributed by atoms with Crippen LogP contribution in [0, 0.1) is 0 Å². The highest BCUT2D eigenvalue weighted by molar-refractivity contribution is 14.0. The fraction of sp³-hybridized carbons (Fsp3) is 0.400. The Morgan fingerprint density at radius 3 is 2.44 bits per heavy atom. The van der Waals surface area contributed by atoms with Gasteiger partial charge in [0.15, 0.2) is 5.96 Å². The maximum Gasteiger partial charge on any atom is 0.191 e. The van der Waals surface area contributed by atoms with E-state index in [1.807, 2.05) is 24.4 Å². The molecule has 0 fully saturated rings. The molecule has 0 aliphatic rings. The van der Waals surface area contributed by atoms with Gasteiger partial charge in [0.25, 0.3) is 0 Å². The van der Waals surface area contributed by atoms with Crippen molar-refractivity contribution < 1.29 is 0 Å². The molecule has 4 nitrogen and oxygen atoms in total. The summed E-state index contributed by atoms with van der Waals surface area (Å²) in [5, 5.41) is 6.72. The van der Waals surface area contributed by atoms with Gasteiger partial charge >= 0.3 is 0 Å². The van der Waals surface area contributed by atoms with Crippen LogP contribution in [0.1, 0.15) is 37.4 Å². The van der Waals surface area contributed by atoms with E-state index < -0.39 is 0 Å². The van der Waals surface area contributed by atoms with Gasteiger partial charge in [-0.1, -0.05) is 43.3 Å². The Kier molecular flexibility index (Phi) is 10.9. The van der Waals surface area contributed by atoms with Gasteiger partial charge in [-0.25, -0.2) is 0 Å². The van der Waals surface area contributed by atoms with E-state index >= 15 is 0 Å². The topological polar surface area (TPSA) is 49.3 Å². The molecule has 136 valence electrons. The normalized spacial score (nSPS) is 12.2. The van der Waals surface area contributed by atoms with Crippen LogP contribution in [-0.4, -0.2) is 30.6 Å². The SMILES string of the molecule is CCNC(=NCC(CC)c1ccccc1)NCCc1ccccn1.I. The third-order valence-electron chi connectivity index (χ3n) is 3.98. The van der Waals surface area contributed by atoms with Crippen LogP contribution in [0.15, 0.2) is 59.7 Å². The van der Waals surface area contributed by atoms with Gasteiger partial charge in [-0.15, -0.1) is 24.0 Å². The van der Waals surface area contributed by atoms with Crippen molar-refractivity contribution in [2.75, 3.05) is 19.6 Å². The average molecular weight is 452 g/mol. The van der Waals surface area contributed by atoms with Crippen LogP contribution < -0.4 is 10.6 Å². The summed E-state index contributed by atoms with van der Waals surface area (Å²) >= 11 is 0. The highest BCUT2D eigenvalue weighted by Crippen LogP contribution is 2.19. The minimum Gasteiger partial charge on any atom is -0.357 e. The van der Waals surface area contributed by atoms with Crippen LogP contribution in [0.5, 0.6) is 0 Å². The fourth-order valence-corrected chi connectivity index (χ4v) is 2.59. The van der Waals surface area contributed by atoms with Gasteiger partial charge in [0.1, 0.15) is 0 Å². The average Bonchev–Trinajstić information content (AvgIpc) is 2.64. The maximum atomic E-state index is 4.77. The highest BCUT2D eigenvalue weighted by Gasteiger charge is 2.08. The number of pyridine rings is 1. The first kappa shape index (κ1) is 21.4. The molecule has 2 rings (SSSR count). The lowest BCUT2D eigenvalue weighted by Crippen LogP contribution is -2.38.